The Morgan fingerprint density at radius 2 is 2.00 bits per heavy atom. The Balaban J connectivity index is 2.98. The molecule has 0 radical (unpaired) electrons. The molecule has 0 aliphatic heterocycles. The molecule has 0 bridgehead atoms. The summed E-state index contributed by atoms with van der Waals surface area (Å²) in [7, 11) is 1.61. The predicted octanol–water partition coefficient (Wildman–Crippen LogP) is 2.50. The van der Waals surface area contributed by atoms with Crippen LogP contribution in [0.4, 0.5) is 0 Å². The summed E-state index contributed by atoms with van der Waals surface area (Å²) in [4.78, 5) is 15.5. The molecule has 0 aliphatic carbocycles. The summed E-state index contributed by atoms with van der Waals surface area (Å²) in [5.74, 6) is 0.473. The van der Waals surface area contributed by atoms with Gasteiger partial charge < -0.3 is 9.26 Å². The van der Waals surface area contributed by atoms with Crippen molar-refractivity contribution in [3.05, 3.63) is 11.7 Å². The second-order valence-corrected chi connectivity index (χ2v) is 5.30. The van der Waals surface area contributed by atoms with Gasteiger partial charge in [-0.05, 0) is 19.3 Å². The first-order valence-electron chi connectivity index (χ1n) is 5.64. The topological polar surface area (TPSA) is 65.2 Å². The summed E-state index contributed by atoms with van der Waals surface area (Å²) in [6.07, 6.45) is -0.251. The lowest BCUT2D eigenvalue weighted by molar-refractivity contribution is -0.118. The first kappa shape index (κ1) is 13.8. The van der Waals surface area contributed by atoms with E-state index in [4.69, 9.17) is 9.26 Å². The molecule has 0 saturated carbocycles. The van der Waals surface area contributed by atoms with Gasteiger partial charge in [-0.3, -0.25) is 4.79 Å². The molecule has 1 aromatic rings. The van der Waals surface area contributed by atoms with Gasteiger partial charge in [0.15, 0.2) is 0 Å². The number of aromatic nitrogens is 2. The molecule has 0 aromatic carbocycles. The van der Waals surface area contributed by atoms with E-state index in [1.165, 1.54) is 6.92 Å². The normalized spacial score (nSPS) is 15.6. The molecule has 0 spiro atoms. The van der Waals surface area contributed by atoms with Gasteiger partial charge in [-0.2, -0.15) is 4.98 Å². The lowest BCUT2D eigenvalue weighted by Crippen LogP contribution is -2.21. The molecule has 1 rings (SSSR count). The Kier molecular flexibility index (Phi) is 4.03. The van der Waals surface area contributed by atoms with Gasteiger partial charge in [-0.1, -0.05) is 25.9 Å². The van der Waals surface area contributed by atoms with Crippen molar-refractivity contribution in [2.45, 2.75) is 46.6 Å². The number of rotatable bonds is 4. The summed E-state index contributed by atoms with van der Waals surface area (Å²) in [5, 5.41) is 3.89. The molecule has 2 atom stereocenters. The number of hydrogen-bond acceptors (Lipinski definition) is 5. The van der Waals surface area contributed by atoms with Gasteiger partial charge in [0.1, 0.15) is 11.9 Å². The van der Waals surface area contributed by atoms with Crippen LogP contribution >= 0.6 is 0 Å². The Hall–Kier alpha value is -1.23. The Labute approximate surface area is 102 Å². The van der Waals surface area contributed by atoms with Gasteiger partial charge in [0, 0.05) is 7.11 Å². The largest absolute Gasteiger partial charge is 0.373 e. The zero-order valence-corrected chi connectivity index (χ0v) is 11.3. The maximum absolute atomic E-state index is 11.2. The van der Waals surface area contributed by atoms with E-state index in [0.29, 0.717) is 11.7 Å². The molecule has 0 aliphatic rings. The first-order chi connectivity index (χ1) is 7.77. The molecule has 96 valence electrons. The Morgan fingerprint density at radius 3 is 2.41 bits per heavy atom. The van der Waals surface area contributed by atoms with Gasteiger partial charge in [0.05, 0.1) is 5.92 Å². The number of methoxy groups -OCH3 is 1. The van der Waals surface area contributed by atoms with Crippen molar-refractivity contribution in [2.24, 2.45) is 5.41 Å². The van der Waals surface area contributed by atoms with Crippen LogP contribution in [-0.2, 0) is 9.53 Å². The van der Waals surface area contributed by atoms with E-state index in [1.54, 1.807) is 14.0 Å². The zero-order valence-electron chi connectivity index (χ0n) is 11.3. The SMILES string of the molecule is COC(c1noc(C(C)C(C)=O)n1)C(C)(C)C. The summed E-state index contributed by atoms with van der Waals surface area (Å²) < 4.78 is 10.5. The Morgan fingerprint density at radius 1 is 1.41 bits per heavy atom. The highest BCUT2D eigenvalue weighted by atomic mass is 16.5. The number of Topliss-reactive ketones (excluding diaryl/α,β-unsaturated/α-hetero) is 1. The van der Waals surface area contributed by atoms with E-state index in [0.717, 1.165) is 0 Å². The number of ketones is 1. The molecule has 0 saturated heterocycles. The molecule has 0 N–H and O–H groups in total. The second kappa shape index (κ2) is 4.96. The van der Waals surface area contributed by atoms with Crippen molar-refractivity contribution in [2.75, 3.05) is 7.11 Å². The average Bonchev–Trinajstić information content (AvgIpc) is 2.64. The molecule has 2 unspecified atom stereocenters. The van der Waals surface area contributed by atoms with Crippen molar-refractivity contribution in [3.63, 3.8) is 0 Å². The average molecular weight is 240 g/mol. The van der Waals surface area contributed by atoms with Crippen LogP contribution in [0, 0.1) is 5.41 Å². The van der Waals surface area contributed by atoms with Crippen LogP contribution in [0.2, 0.25) is 0 Å². The maximum atomic E-state index is 11.2. The highest BCUT2D eigenvalue weighted by Gasteiger charge is 2.31. The minimum Gasteiger partial charge on any atom is -0.373 e. The monoisotopic (exact) mass is 240 g/mol. The van der Waals surface area contributed by atoms with Crippen molar-refractivity contribution >= 4 is 5.78 Å². The van der Waals surface area contributed by atoms with E-state index in [9.17, 15) is 4.79 Å². The number of carbonyl (C=O) groups excluding carboxylic acids is 1. The van der Waals surface area contributed by atoms with Crippen LogP contribution in [0.1, 0.15) is 58.4 Å². The van der Waals surface area contributed by atoms with E-state index in [1.807, 2.05) is 20.8 Å². The lowest BCUT2D eigenvalue weighted by Gasteiger charge is -2.26. The molecule has 0 fully saturated rings. The maximum Gasteiger partial charge on any atom is 0.237 e. The molecular weight excluding hydrogens is 220 g/mol. The van der Waals surface area contributed by atoms with Crippen LogP contribution in [0.3, 0.4) is 0 Å². The van der Waals surface area contributed by atoms with E-state index < -0.39 is 0 Å². The standard InChI is InChI=1S/C12H20N2O3/c1-7(8(2)15)11-13-10(14-17-11)9(16-6)12(3,4)5/h7,9H,1-6H3. The highest BCUT2D eigenvalue weighted by Crippen LogP contribution is 2.34. The van der Waals surface area contributed by atoms with Gasteiger partial charge in [0.25, 0.3) is 0 Å². The fourth-order valence-corrected chi connectivity index (χ4v) is 1.55. The molecule has 17 heavy (non-hydrogen) atoms. The summed E-state index contributed by atoms with van der Waals surface area (Å²) in [6.45, 7) is 9.35. The van der Waals surface area contributed by atoms with Crippen molar-refractivity contribution in [1.29, 1.82) is 0 Å². The quantitative estimate of drug-likeness (QED) is 0.809. The number of carbonyl (C=O) groups is 1. The minimum atomic E-state index is -0.367. The Bertz CT molecular complexity index is 393. The third-order valence-electron chi connectivity index (χ3n) is 2.69. The summed E-state index contributed by atoms with van der Waals surface area (Å²) in [6, 6.07) is 0. The van der Waals surface area contributed by atoms with Gasteiger partial charge >= 0.3 is 0 Å². The summed E-state index contributed by atoms with van der Waals surface area (Å²) in [5.41, 5.74) is -0.130. The zero-order chi connectivity index (χ0) is 13.2. The first-order valence-corrected chi connectivity index (χ1v) is 5.64. The fraction of sp³-hybridized carbons (Fsp3) is 0.750. The number of hydrogen-bond donors (Lipinski definition) is 0. The fourth-order valence-electron chi connectivity index (χ4n) is 1.55. The molecular formula is C12H20N2O3. The van der Waals surface area contributed by atoms with E-state index in [-0.39, 0.29) is 23.2 Å². The molecule has 0 amide bonds. The third kappa shape index (κ3) is 3.12. The smallest absolute Gasteiger partial charge is 0.237 e. The molecule has 5 nitrogen and oxygen atoms in total. The molecule has 5 heteroatoms. The van der Waals surface area contributed by atoms with Gasteiger partial charge in [-0.15, -0.1) is 0 Å². The number of nitrogens with zero attached hydrogens (tertiary/aromatic N) is 2. The second-order valence-electron chi connectivity index (χ2n) is 5.30. The molecule has 1 heterocycles. The van der Waals surface area contributed by atoms with Crippen molar-refractivity contribution in [3.8, 4) is 0 Å². The predicted molar refractivity (Wildman–Crippen MR) is 62.6 cm³/mol. The van der Waals surface area contributed by atoms with Crippen LogP contribution < -0.4 is 0 Å². The third-order valence-corrected chi connectivity index (χ3v) is 2.69. The van der Waals surface area contributed by atoms with Crippen LogP contribution in [-0.4, -0.2) is 23.0 Å². The van der Waals surface area contributed by atoms with E-state index in [2.05, 4.69) is 10.1 Å². The van der Waals surface area contributed by atoms with Crippen LogP contribution in [0.5, 0.6) is 0 Å². The summed E-state index contributed by atoms with van der Waals surface area (Å²) >= 11 is 0. The number of ether oxygens (including phenoxy) is 1. The van der Waals surface area contributed by atoms with E-state index >= 15 is 0 Å². The van der Waals surface area contributed by atoms with Gasteiger partial charge in [-0.25, -0.2) is 0 Å². The minimum absolute atomic E-state index is 0.00456. The van der Waals surface area contributed by atoms with Gasteiger partial charge in [0.2, 0.25) is 11.7 Å². The highest BCUT2D eigenvalue weighted by molar-refractivity contribution is 5.81. The van der Waals surface area contributed by atoms with Crippen molar-refractivity contribution in [1.82, 2.24) is 10.1 Å². The van der Waals surface area contributed by atoms with Crippen molar-refractivity contribution < 1.29 is 14.1 Å². The lowest BCUT2D eigenvalue weighted by atomic mass is 9.88. The van der Waals surface area contributed by atoms with Crippen LogP contribution in [0.15, 0.2) is 4.52 Å². The van der Waals surface area contributed by atoms with Crippen LogP contribution in [0.25, 0.3) is 0 Å². The molecule has 1 aromatic heterocycles.